The molecule has 2 N–H and O–H groups in total. The molecule has 1 unspecified atom stereocenters. The van der Waals surface area contributed by atoms with Crippen molar-refractivity contribution in [1.82, 2.24) is 10.2 Å². The maximum atomic E-state index is 11.2. The molecule has 1 aliphatic heterocycles. The summed E-state index contributed by atoms with van der Waals surface area (Å²) < 4.78 is 17.2. The molecule has 132 valence electrons. The van der Waals surface area contributed by atoms with Crippen molar-refractivity contribution in [2.75, 3.05) is 6.61 Å². The predicted octanol–water partition coefficient (Wildman–Crippen LogP) is 2.97. The van der Waals surface area contributed by atoms with E-state index in [1.165, 1.54) is 11.8 Å². The van der Waals surface area contributed by atoms with Gasteiger partial charge in [-0.1, -0.05) is 36.0 Å². The molecular weight excluding hydrogens is 354 g/mol. The van der Waals surface area contributed by atoms with Gasteiger partial charge < -0.3 is 19.6 Å². The molecular formula is C18H15N3O4S. The second-order valence-electron chi connectivity index (χ2n) is 5.62. The Morgan fingerprint density at radius 3 is 2.85 bits per heavy atom. The summed E-state index contributed by atoms with van der Waals surface area (Å²) >= 11 is 1.38. The number of carbonyl (C=O) groups excluding carboxylic acids is 1. The van der Waals surface area contributed by atoms with Crippen molar-refractivity contribution in [3.8, 4) is 11.5 Å². The monoisotopic (exact) mass is 369 g/mol. The zero-order valence-corrected chi connectivity index (χ0v) is 14.4. The SMILES string of the molecule is NC(=O)c1cccc(CSc2nnc(C3COc4ccccc4O3)o2)c1. The van der Waals surface area contributed by atoms with Crippen LogP contribution in [0.15, 0.2) is 58.2 Å². The minimum Gasteiger partial charge on any atom is -0.485 e. The molecule has 3 aromatic rings. The smallest absolute Gasteiger partial charge is 0.277 e. The van der Waals surface area contributed by atoms with Gasteiger partial charge in [0.2, 0.25) is 12.0 Å². The molecule has 1 aromatic heterocycles. The molecule has 2 aromatic carbocycles. The van der Waals surface area contributed by atoms with Gasteiger partial charge >= 0.3 is 0 Å². The Hall–Kier alpha value is -3.00. The lowest BCUT2D eigenvalue weighted by Crippen LogP contribution is -2.21. The number of fused-ring (bicyclic) bond motifs is 1. The number of ether oxygens (including phenoxy) is 2. The summed E-state index contributed by atoms with van der Waals surface area (Å²) in [5.41, 5.74) is 6.71. The molecule has 0 spiro atoms. The molecule has 0 fully saturated rings. The van der Waals surface area contributed by atoms with Gasteiger partial charge in [-0.05, 0) is 29.8 Å². The lowest BCUT2D eigenvalue weighted by molar-refractivity contribution is 0.0686. The lowest BCUT2D eigenvalue weighted by atomic mass is 10.1. The molecule has 0 saturated heterocycles. The number of carbonyl (C=O) groups is 1. The third kappa shape index (κ3) is 3.50. The van der Waals surface area contributed by atoms with E-state index in [0.29, 0.717) is 40.5 Å². The van der Waals surface area contributed by atoms with E-state index in [4.69, 9.17) is 19.6 Å². The van der Waals surface area contributed by atoms with Crippen LogP contribution in [0.1, 0.15) is 27.9 Å². The number of para-hydroxylation sites is 2. The van der Waals surface area contributed by atoms with E-state index in [1.54, 1.807) is 18.2 Å². The van der Waals surface area contributed by atoms with E-state index < -0.39 is 12.0 Å². The second kappa shape index (κ2) is 7.09. The van der Waals surface area contributed by atoms with Gasteiger partial charge in [-0.2, -0.15) is 0 Å². The van der Waals surface area contributed by atoms with Crippen LogP contribution in [0.5, 0.6) is 11.5 Å². The fraction of sp³-hybridized carbons (Fsp3) is 0.167. The summed E-state index contributed by atoms with van der Waals surface area (Å²) in [7, 11) is 0. The van der Waals surface area contributed by atoms with Crippen LogP contribution in [0.25, 0.3) is 0 Å². The first kappa shape index (κ1) is 16.5. The number of nitrogens with two attached hydrogens (primary N) is 1. The Kier molecular flexibility index (Phi) is 4.49. The van der Waals surface area contributed by atoms with Crippen LogP contribution in [0.3, 0.4) is 0 Å². The first-order valence-corrected chi connectivity index (χ1v) is 8.91. The first-order valence-electron chi connectivity index (χ1n) is 7.92. The molecule has 0 saturated carbocycles. The zero-order valence-electron chi connectivity index (χ0n) is 13.6. The van der Waals surface area contributed by atoms with Crippen molar-refractivity contribution in [2.45, 2.75) is 17.1 Å². The van der Waals surface area contributed by atoms with Gasteiger partial charge in [0.15, 0.2) is 11.5 Å². The largest absolute Gasteiger partial charge is 0.485 e. The number of thioether (sulfide) groups is 1. The van der Waals surface area contributed by atoms with Gasteiger partial charge in [0.05, 0.1) is 0 Å². The van der Waals surface area contributed by atoms with Crippen LogP contribution in [0.4, 0.5) is 0 Å². The van der Waals surface area contributed by atoms with E-state index in [1.807, 2.05) is 30.3 Å². The highest BCUT2D eigenvalue weighted by molar-refractivity contribution is 7.98. The van der Waals surface area contributed by atoms with Crippen LogP contribution in [-0.2, 0) is 5.75 Å². The molecule has 1 atom stereocenters. The lowest BCUT2D eigenvalue weighted by Gasteiger charge is -2.23. The Balaban J connectivity index is 1.41. The summed E-state index contributed by atoms with van der Waals surface area (Å²) in [5, 5.41) is 8.52. The highest BCUT2D eigenvalue weighted by Crippen LogP contribution is 2.36. The standard InChI is InChI=1S/C18H15N3O4S/c19-16(22)12-5-3-4-11(8-12)10-26-18-21-20-17(25-18)15-9-23-13-6-1-2-7-14(13)24-15/h1-8,15H,9-10H2,(H2,19,22). The molecule has 2 heterocycles. The van der Waals surface area contributed by atoms with E-state index in [-0.39, 0.29) is 0 Å². The Bertz CT molecular complexity index is 943. The highest BCUT2D eigenvalue weighted by Gasteiger charge is 2.27. The number of hydrogen-bond donors (Lipinski definition) is 1. The number of amides is 1. The zero-order chi connectivity index (χ0) is 17.9. The van der Waals surface area contributed by atoms with E-state index in [0.717, 1.165) is 5.56 Å². The topological polar surface area (TPSA) is 100 Å². The summed E-state index contributed by atoms with van der Waals surface area (Å²) in [5.74, 6) is 1.85. The average molecular weight is 369 g/mol. The Labute approximate surface area is 153 Å². The molecule has 1 aliphatic rings. The summed E-state index contributed by atoms with van der Waals surface area (Å²) in [6.07, 6.45) is -0.440. The minimum atomic E-state index is -0.452. The number of primary amides is 1. The Morgan fingerprint density at radius 1 is 1.15 bits per heavy atom. The molecule has 7 nitrogen and oxygen atoms in total. The van der Waals surface area contributed by atoms with Crippen LogP contribution < -0.4 is 15.2 Å². The van der Waals surface area contributed by atoms with Crippen molar-refractivity contribution in [3.63, 3.8) is 0 Å². The van der Waals surface area contributed by atoms with Crippen molar-refractivity contribution >= 4 is 17.7 Å². The van der Waals surface area contributed by atoms with Gasteiger partial charge in [0, 0.05) is 11.3 Å². The summed E-state index contributed by atoms with van der Waals surface area (Å²) in [4.78, 5) is 11.2. The van der Waals surface area contributed by atoms with Crippen molar-refractivity contribution in [2.24, 2.45) is 5.73 Å². The van der Waals surface area contributed by atoms with Crippen molar-refractivity contribution in [3.05, 3.63) is 65.5 Å². The minimum absolute atomic E-state index is 0.309. The predicted molar refractivity (Wildman–Crippen MR) is 94.1 cm³/mol. The quantitative estimate of drug-likeness (QED) is 0.690. The molecule has 1 amide bonds. The fourth-order valence-corrected chi connectivity index (χ4v) is 3.22. The maximum absolute atomic E-state index is 11.2. The third-order valence-corrected chi connectivity index (χ3v) is 4.67. The van der Waals surface area contributed by atoms with Gasteiger partial charge in [0.25, 0.3) is 11.1 Å². The van der Waals surface area contributed by atoms with Gasteiger partial charge in [-0.25, -0.2) is 0 Å². The molecule has 4 rings (SSSR count). The van der Waals surface area contributed by atoms with Crippen molar-refractivity contribution < 1.29 is 18.7 Å². The number of hydrogen-bond acceptors (Lipinski definition) is 7. The van der Waals surface area contributed by atoms with Crippen LogP contribution in [0, 0.1) is 0 Å². The normalized spacial score (nSPS) is 15.6. The number of aromatic nitrogens is 2. The number of nitrogens with zero attached hydrogens (tertiary/aromatic N) is 2. The summed E-state index contributed by atoms with van der Waals surface area (Å²) in [6, 6.07) is 14.6. The van der Waals surface area contributed by atoms with E-state index in [9.17, 15) is 4.79 Å². The van der Waals surface area contributed by atoms with Crippen molar-refractivity contribution in [1.29, 1.82) is 0 Å². The maximum Gasteiger partial charge on any atom is 0.277 e. The second-order valence-corrected chi connectivity index (χ2v) is 6.55. The van der Waals surface area contributed by atoms with Gasteiger partial charge in [-0.3, -0.25) is 4.79 Å². The molecule has 0 bridgehead atoms. The van der Waals surface area contributed by atoms with Crippen LogP contribution >= 0.6 is 11.8 Å². The van der Waals surface area contributed by atoms with Gasteiger partial charge in [-0.15, -0.1) is 10.2 Å². The van der Waals surface area contributed by atoms with Crippen LogP contribution in [0.2, 0.25) is 0 Å². The number of rotatable bonds is 5. The Morgan fingerprint density at radius 2 is 2.00 bits per heavy atom. The van der Waals surface area contributed by atoms with E-state index >= 15 is 0 Å². The molecule has 26 heavy (non-hydrogen) atoms. The third-order valence-electron chi connectivity index (χ3n) is 3.78. The summed E-state index contributed by atoms with van der Waals surface area (Å²) in [6.45, 7) is 0.309. The molecule has 0 radical (unpaired) electrons. The van der Waals surface area contributed by atoms with Gasteiger partial charge in [0.1, 0.15) is 6.61 Å². The fourth-order valence-electron chi connectivity index (χ4n) is 2.51. The van der Waals surface area contributed by atoms with Crippen LogP contribution in [-0.4, -0.2) is 22.7 Å². The number of benzene rings is 2. The first-order chi connectivity index (χ1) is 12.7. The molecule has 8 heteroatoms. The van der Waals surface area contributed by atoms with E-state index in [2.05, 4.69) is 10.2 Å². The molecule has 0 aliphatic carbocycles. The highest BCUT2D eigenvalue weighted by atomic mass is 32.2. The average Bonchev–Trinajstić information content (AvgIpc) is 3.15.